The van der Waals surface area contributed by atoms with Gasteiger partial charge in [-0.25, -0.2) is 13.8 Å². The molecule has 0 aliphatic rings. The van der Waals surface area contributed by atoms with Gasteiger partial charge < -0.3 is 5.32 Å². The number of benzene rings is 1. The quantitative estimate of drug-likeness (QED) is 0.856. The van der Waals surface area contributed by atoms with E-state index in [1.54, 1.807) is 11.3 Å². The normalized spacial score (nSPS) is 12.6. The molecule has 0 fully saturated rings. The van der Waals surface area contributed by atoms with Crippen LogP contribution in [0.2, 0.25) is 0 Å². The van der Waals surface area contributed by atoms with E-state index in [-0.39, 0.29) is 6.04 Å². The fraction of sp³-hybridized carbons (Fsp3) is 0.438. The molecule has 114 valence electrons. The largest absolute Gasteiger partial charge is 0.304 e. The van der Waals surface area contributed by atoms with E-state index in [9.17, 15) is 8.78 Å². The summed E-state index contributed by atoms with van der Waals surface area (Å²) in [6.45, 7) is 6.91. The summed E-state index contributed by atoms with van der Waals surface area (Å²) in [4.78, 5) is 5.79. The number of halogens is 2. The van der Waals surface area contributed by atoms with E-state index in [1.807, 2.05) is 6.92 Å². The average molecular weight is 310 g/mol. The van der Waals surface area contributed by atoms with Crippen molar-refractivity contribution < 1.29 is 8.78 Å². The maximum Gasteiger partial charge on any atom is 0.126 e. The van der Waals surface area contributed by atoms with E-state index < -0.39 is 11.6 Å². The summed E-state index contributed by atoms with van der Waals surface area (Å²) in [7, 11) is 0. The zero-order valence-electron chi connectivity index (χ0n) is 12.5. The minimum atomic E-state index is -0.558. The van der Waals surface area contributed by atoms with Crippen molar-refractivity contribution >= 4 is 11.3 Å². The highest BCUT2D eigenvalue weighted by atomic mass is 32.1. The van der Waals surface area contributed by atoms with E-state index in [0.717, 1.165) is 41.0 Å². The van der Waals surface area contributed by atoms with Crippen LogP contribution in [0.15, 0.2) is 18.2 Å². The third-order valence-electron chi connectivity index (χ3n) is 3.31. The Morgan fingerprint density at radius 3 is 2.38 bits per heavy atom. The van der Waals surface area contributed by atoms with Crippen LogP contribution in [-0.2, 0) is 6.42 Å². The van der Waals surface area contributed by atoms with Crippen molar-refractivity contribution in [1.82, 2.24) is 10.3 Å². The first-order valence-electron chi connectivity index (χ1n) is 7.20. The third kappa shape index (κ3) is 3.86. The summed E-state index contributed by atoms with van der Waals surface area (Å²) in [5.74, 6) is -1.12. The predicted molar refractivity (Wildman–Crippen MR) is 82.7 cm³/mol. The molecule has 0 aliphatic heterocycles. The Kier molecular flexibility index (Phi) is 5.42. The van der Waals surface area contributed by atoms with Crippen LogP contribution in [0.1, 0.15) is 47.5 Å². The van der Waals surface area contributed by atoms with Gasteiger partial charge in [0, 0.05) is 10.9 Å². The summed E-state index contributed by atoms with van der Waals surface area (Å²) < 4.78 is 27.0. The van der Waals surface area contributed by atoms with E-state index in [0.29, 0.717) is 5.56 Å². The number of nitrogens with zero attached hydrogens (tertiary/aromatic N) is 1. The molecule has 1 atom stereocenters. The first kappa shape index (κ1) is 16.0. The molecule has 5 heteroatoms. The van der Waals surface area contributed by atoms with Gasteiger partial charge in [-0.3, -0.25) is 0 Å². The van der Waals surface area contributed by atoms with Gasteiger partial charge >= 0.3 is 0 Å². The fourth-order valence-corrected chi connectivity index (χ4v) is 3.39. The van der Waals surface area contributed by atoms with Gasteiger partial charge in [-0.1, -0.05) is 13.8 Å². The molecule has 2 aromatic rings. The maximum absolute atomic E-state index is 13.5. The summed E-state index contributed by atoms with van der Waals surface area (Å²) in [5.41, 5.74) is 1.63. The SMILES string of the molecule is CCCNC(c1cc(F)cc(F)c1)c1nc(CC)c(C)s1. The molecule has 2 nitrogen and oxygen atoms in total. The van der Waals surface area contributed by atoms with Crippen LogP contribution < -0.4 is 5.32 Å². The summed E-state index contributed by atoms with van der Waals surface area (Å²) in [6, 6.07) is 3.38. The van der Waals surface area contributed by atoms with Crippen LogP contribution in [0, 0.1) is 18.6 Å². The van der Waals surface area contributed by atoms with Crippen molar-refractivity contribution in [3.05, 3.63) is 51.0 Å². The smallest absolute Gasteiger partial charge is 0.126 e. The van der Waals surface area contributed by atoms with Crippen molar-refractivity contribution in [2.75, 3.05) is 6.54 Å². The minimum Gasteiger partial charge on any atom is -0.304 e. The molecule has 1 aromatic carbocycles. The van der Waals surface area contributed by atoms with Crippen LogP contribution in [-0.4, -0.2) is 11.5 Å². The molecule has 1 heterocycles. The molecule has 0 saturated carbocycles. The number of aromatic nitrogens is 1. The van der Waals surface area contributed by atoms with Crippen molar-refractivity contribution in [3.63, 3.8) is 0 Å². The lowest BCUT2D eigenvalue weighted by molar-refractivity contribution is 0.557. The molecule has 2 rings (SSSR count). The first-order chi connectivity index (χ1) is 10.0. The Morgan fingerprint density at radius 1 is 1.19 bits per heavy atom. The Hall–Kier alpha value is -1.33. The van der Waals surface area contributed by atoms with Crippen molar-refractivity contribution in [1.29, 1.82) is 0 Å². The molecule has 0 amide bonds. The van der Waals surface area contributed by atoms with Gasteiger partial charge in [0.2, 0.25) is 0 Å². The highest BCUT2D eigenvalue weighted by Gasteiger charge is 2.20. The van der Waals surface area contributed by atoms with Gasteiger partial charge in [-0.15, -0.1) is 11.3 Å². The fourth-order valence-electron chi connectivity index (χ4n) is 2.28. The third-order valence-corrected chi connectivity index (χ3v) is 4.39. The molecule has 1 N–H and O–H groups in total. The number of thiazole rings is 1. The summed E-state index contributed by atoms with van der Waals surface area (Å²) in [5, 5.41) is 4.20. The van der Waals surface area contributed by atoms with Crippen LogP contribution >= 0.6 is 11.3 Å². The van der Waals surface area contributed by atoms with Gasteiger partial charge in [0.1, 0.15) is 16.6 Å². The summed E-state index contributed by atoms with van der Waals surface area (Å²) in [6.07, 6.45) is 1.81. The molecule has 0 radical (unpaired) electrons. The first-order valence-corrected chi connectivity index (χ1v) is 8.02. The van der Waals surface area contributed by atoms with Crippen LogP contribution in [0.3, 0.4) is 0 Å². The zero-order valence-corrected chi connectivity index (χ0v) is 13.4. The molecular weight excluding hydrogens is 290 g/mol. The standard InChI is InChI=1S/C16H20F2N2S/c1-4-6-19-15(11-7-12(17)9-13(18)8-11)16-20-14(5-2)10(3)21-16/h7-9,15,19H,4-6H2,1-3H3. The van der Waals surface area contributed by atoms with Gasteiger partial charge in [-0.2, -0.15) is 0 Å². The molecule has 0 aliphatic carbocycles. The lowest BCUT2D eigenvalue weighted by Crippen LogP contribution is -2.23. The number of hydrogen-bond acceptors (Lipinski definition) is 3. The van der Waals surface area contributed by atoms with Gasteiger partial charge in [0.25, 0.3) is 0 Å². The molecule has 0 bridgehead atoms. The van der Waals surface area contributed by atoms with Gasteiger partial charge in [-0.05, 0) is 44.0 Å². The highest BCUT2D eigenvalue weighted by Crippen LogP contribution is 2.29. The van der Waals surface area contributed by atoms with E-state index >= 15 is 0 Å². The topological polar surface area (TPSA) is 24.9 Å². The maximum atomic E-state index is 13.5. The molecule has 21 heavy (non-hydrogen) atoms. The highest BCUT2D eigenvalue weighted by molar-refractivity contribution is 7.11. The molecular formula is C16H20F2N2S. The predicted octanol–water partition coefficient (Wildman–Crippen LogP) is 4.38. The van der Waals surface area contributed by atoms with E-state index in [1.165, 1.54) is 12.1 Å². The molecule has 1 unspecified atom stereocenters. The Morgan fingerprint density at radius 2 is 1.86 bits per heavy atom. The Balaban J connectivity index is 2.41. The van der Waals surface area contributed by atoms with Crippen LogP contribution in [0.4, 0.5) is 8.78 Å². The number of rotatable bonds is 6. The number of aryl methyl sites for hydroxylation is 2. The monoisotopic (exact) mass is 310 g/mol. The Labute approximate surface area is 128 Å². The lowest BCUT2D eigenvalue weighted by atomic mass is 10.1. The molecule has 1 aromatic heterocycles. The number of hydrogen-bond donors (Lipinski definition) is 1. The molecule has 0 saturated heterocycles. The van der Waals surface area contributed by atoms with Crippen molar-refractivity contribution in [3.8, 4) is 0 Å². The van der Waals surface area contributed by atoms with E-state index in [2.05, 4.69) is 24.1 Å². The van der Waals surface area contributed by atoms with Gasteiger partial charge in [0.15, 0.2) is 0 Å². The lowest BCUT2D eigenvalue weighted by Gasteiger charge is -2.17. The van der Waals surface area contributed by atoms with Crippen molar-refractivity contribution in [2.45, 2.75) is 39.7 Å². The van der Waals surface area contributed by atoms with Gasteiger partial charge in [0.05, 0.1) is 11.7 Å². The van der Waals surface area contributed by atoms with Crippen LogP contribution in [0.25, 0.3) is 0 Å². The van der Waals surface area contributed by atoms with E-state index in [4.69, 9.17) is 0 Å². The zero-order chi connectivity index (χ0) is 15.4. The molecule has 0 spiro atoms. The Bertz CT molecular complexity index is 590. The number of nitrogens with one attached hydrogen (secondary N) is 1. The average Bonchev–Trinajstić information content (AvgIpc) is 2.79. The second kappa shape index (κ2) is 7.09. The van der Waals surface area contributed by atoms with Crippen molar-refractivity contribution in [2.24, 2.45) is 0 Å². The van der Waals surface area contributed by atoms with Crippen LogP contribution in [0.5, 0.6) is 0 Å². The second-order valence-corrected chi connectivity index (χ2v) is 6.23. The minimum absolute atomic E-state index is 0.265. The summed E-state index contributed by atoms with van der Waals surface area (Å²) >= 11 is 1.59. The second-order valence-electron chi connectivity index (χ2n) is 5.00.